The van der Waals surface area contributed by atoms with Crippen molar-refractivity contribution in [1.29, 1.82) is 0 Å². The molecule has 3 heterocycles. The Balaban J connectivity index is 1.54. The molecule has 0 saturated carbocycles. The number of fused-ring (bicyclic) bond motifs is 2. The number of likely N-dealkylation sites (N-methyl/N-ethyl adjacent to an activating group) is 1. The monoisotopic (exact) mass is 459 g/mol. The summed E-state index contributed by atoms with van der Waals surface area (Å²) < 4.78 is 7.01. The lowest BCUT2D eigenvalue weighted by Crippen LogP contribution is -2.42. The van der Waals surface area contributed by atoms with Crippen LogP contribution in [0.25, 0.3) is 21.3 Å². The van der Waals surface area contributed by atoms with Crippen LogP contribution in [0.4, 0.5) is 5.69 Å². The lowest BCUT2D eigenvalue weighted by atomic mass is 10.0. The minimum Gasteiger partial charge on any atom is -0.479 e. The maximum Gasteiger partial charge on any atom is 0.267 e. The number of rotatable bonds is 4. The van der Waals surface area contributed by atoms with Crippen molar-refractivity contribution in [2.24, 2.45) is 0 Å². The van der Waals surface area contributed by atoms with E-state index in [0.717, 1.165) is 11.1 Å². The third-order valence-electron chi connectivity index (χ3n) is 5.99. The van der Waals surface area contributed by atoms with Crippen molar-refractivity contribution in [3.05, 3.63) is 76.2 Å². The standard InChI is InChI=1S/C25H21N3O4S/c1-14(22(29)17-9-10-20-19(11-17)27(3)24(30)15(2)32-20)28-13-26-23-21(25(28)31)18(12-33-23)16-7-5-4-6-8-16/h4-15H,1-3H3. The number of carbonyl (C=O) groups excluding carboxylic acids is 2. The topological polar surface area (TPSA) is 81.5 Å². The van der Waals surface area contributed by atoms with Crippen LogP contribution in [0.5, 0.6) is 5.75 Å². The van der Waals surface area contributed by atoms with Crippen molar-refractivity contribution in [2.75, 3.05) is 11.9 Å². The third-order valence-corrected chi connectivity index (χ3v) is 6.87. The number of carbonyl (C=O) groups is 2. The largest absolute Gasteiger partial charge is 0.479 e. The number of amides is 1. The predicted molar refractivity (Wildman–Crippen MR) is 128 cm³/mol. The average molecular weight is 460 g/mol. The minimum absolute atomic E-state index is 0.183. The maximum atomic E-state index is 13.4. The van der Waals surface area contributed by atoms with Crippen molar-refractivity contribution in [3.63, 3.8) is 0 Å². The normalized spacial score (nSPS) is 16.4. The first-order valence-corrected chi connectivity index (χ1v) is 11.4. The molecule has 5 rings (SSSR count). The molecule has 33 heavy (non-hydrogen) atoms. The molecule has 0 N–H and O–H groups in total. The number of ketones is 1. The van der Waals surface area contributed by atoms with Crippen molar-refractivity contribution < 1.29 is 14.3 Å². The number of nitrogens with zero attached hydrogens (tertiary/aromatic N) is 3. The molecule has 0 bridgehead atoms. The highest BCUT2D eigenvalue weighted by Crippen LogP contribution is 2.35. The number of anilines is 1. The summed E-state index contributed by atoms with van der Waals surface area (Å²) in [5.41, 5.74) is 2.39. The number of Topliss-reactive ketones (excluding diaryl/α,β-unsaturated/α-hetero) is 1. The third kappa shape index (κ3) is 3.43. The first-order chi connectivity index (χ1) is 15.9. The summed E-state index contributed by atoms with van der Waals surface area (Å²) in [6.45, 7) is 3.37. The molecular weight excluding hydrogens is 438 g/mol. The fraction of sp³-hybridized carbons (Fsp3) is 0.200. The van der Waals surface area contributed by atoms with E-state index in [1.807, 2.05) is 35.7 Å². The van der Waals surface area contributed by atoms with Crippen molar-refractivity contribution in [2.45, 2.75) is 26.0 Å². The number of thiophene rings is 1. The summed E-state index contributed by atoms with van der Waals surface area (Å²) >= 11 is 1.40. The molecule has 166 valence electrons. The highest BCUT2D eigenvalue weighted by molar-refractivity contribution is 7.17. The van der Waals surface area contributed by atoms with Gasteiger partial charge < -0.3 is 9.64 Å². The van der Waals surface area contributed by atoms with Gasteiger partial charge in [-0.25, -0.2) is 4.98 Å². The molecule has 0 aliphatic carbocycles. The number of ether oxygens (including phenoxy) is 1. The Morgan fingerprint density at radius 3 is 2.67 bits per heavy atom. The molecule has 1 aliphatic rings. The zero-order valence-corrected chi connectivity index (χ0v) is 19.1. The smallest absolute Gasteiger partial charge is 0.267 e. The van der Waals surface area contributed by atoms with Gasteiger partial charge in [-0.1, -0.05) is 30.3 Å². The molecular formula is C25H21N3O4S. The van der Waals surface area contributed by atoms with Crippen LogP contribution < -0.4 is 15.2 Å². The molecule has 4 aromatic rings. The van der Waals surface area contributed by atoms with E-state index in [4.69, 9.17) is 4.74 Å². The van der Waals surface area contributed by atoms with Crippen LogP contribution >= 0.6 is 11.3 Å². The lowest BCUT2D eigenvalue weighted by molar-refractivity contribution is -0.125. The maximum absolute atomic E-state index is 13.4. The molecule has 7 nitrogen and oxygen atoms in total. The van der Waals surface area contributed by atoms with Crippen LogP contribution in [-0.2, 0) is 4.79 Å². The van der Waals surface area contributed by atoms with Gasteiger partial charge in [0.25, 0.3) is 11.5 Å². The number of hydrogen-bond donors (Lipinski definition) is 0. The summed E-state index contributed by atoms with van der Waals surface area (Å²) in [6.07, 6.45) is 0.848. The van der Waals surface area contributed by atoms with E-state index >= 15 is 0 Å². The zero-order valence-electron chi connectivity index (χ0n) is 18.3. The van der Waals surface area contributed by atoms with Crippen LogP contribution in [0.2, 0.25) is 0 Å². The van der Waals surface area contributed by atoms with E-state index in [1.54, 1.807) is 39.1 Å². The highest BCUT2D eigenvalue weighted by Gasteiger charge is 2.30. The quantitative estimate of drug-likeness (QED) is 0.425. The number of aromatic nitrogens is 2. The predicted octanol–water partition coefficient (Wildman–Crippen LogP) is 4.31. The van der Waals surface area contributed by atoms with Crippen LogP contribution in [0, 0.1) is 0 Å². The van der Waals surface area contributed by atoms with Gasteiger partial charge in [-0.05, 0) is 37.6 Å². The van der Waals surface area contributed by atoms with E-state index in [1.165, 1.54) is 27.1 Å². The number of hydrogen-bond acceptors (Lipinski definition) is 6. The molecule has 1 amide bonds. The Hall–Kier alpha value is -3.78. The SMILES string of the molecule is CC1Oc2ccc(C(=O)C(C)n3cnc4scc(-c5ccccc5)c4c3=O)cc2N(C)C1=O. The second kappa shape index (κ2) is 7.97. The van der Waals surface area contributed by atoms with Gasteiger partial charge in [0.05, 0.1) is 23.4 Å². The van der Waals surface area contributed by atoms with Crippen LogP contribution in [0.3, 0.4) is 0 Å². The molecule has 8 heteroatoms. The summed E-state index contributed by atoms with van der Waals surface area (Å²) in [5.74, 6) is 0.105. The van der Waals surface area contributed by atoms with Crippen molar-refractivity contribution in [3.8, 4) is 16.9 Å². The Morgan fingerprint density at radius 1 is 1.15 bits per heavy atom. The summed E-state index contributed by atoms with van der Waals surface area (Å²) in [7, 11) is 1.65. The fourth-order valence-electron chi connectivity index (χ4n) is 4.08. The summed E-state index contributed by atoms with van der Waals surface area (Å²) in [4.78, 5) is 45.6. The molecule has 0 saturated heterocycles. The second-order valence-electron chi connectivity index (χ2n) is 8.03. The van der Waals surface area contributed by atoms with E-state index in [-0.39, 0.29) is 17.2 Å². The molecule has 0 spiro atoms. The average Bonchev–Trinajstić information content (AvgIpc) is 3.27. The molecule has 2 aromatic carbocycles. The van der Waals surface area contributed by atoms with Crippen molar-refractivity contribution >= 4 is 38.9 Å². The molecule has 1 aliphatic heterocycles. The Labute approximate surface area is 193 Å². The van der Waals surface area contributed by atoms with Gasteiger partial charge in [0.1, 0.15) is 10.6 Å². The molecule has 2 atom stereocenters. The van der Waals surface area contributed by atoms with Gasteiger partial charge in [-0.2, -0.15) is 0 Å². The van der Waals surface area contributed by atoms with Gasteiger partial charge in [-0.3, -0.25) is 19.0 Å². The fourth-order valence-corrected chi connectivity index (χ4v) is 4.99. The number of benzene rings is 2. The molecule has 0 radical (unpaired) electrons. The second-order valence-corrected chi connectivity index (χ2v) is 8.89. The summed E-state index contributed by atoms with van der Waals surface area (Å²) in [6, 6.07) is 13.8. The van der Waals surface area contributed by atoms with Crippen molar-refractivity contribution in [1.82, 2.24) is 9.55 Å². The van der Waals surface area contributed by atoms with Crippen LogP contribution in [-0.4, -0.2) is 34.4 Å². The highest BCUT2D eigenvalue weighted by atomic mass is 32.1. The Kier molecular flexibility index (Phi) is 5.09. The van der Waals surface area contributed by atoms with Crippen LogP contribution in [0.1, 0.15) is 30.2 Å². The van der Waals surface area contributed by atoms with Gasteiger partial charge in [-0.15, -0.1) is 11.3 Å². The first-order valence-electron chi connectivity index (χ1n) is 10.5. The van der Waals surface area contributed by atoms with E-state index in [2.05, 4.69) is 4.98 Å². The van der Waals surface area contributed by atoms with Gasteiger partial charge in [0.2, 0.25) is 0 Å². The minimum atomic E-state index is -0.777. The molecule has 2 aromatic heterocycles. The van der Waals surface area contributed by atoms with Gasteiger partial charge >= 0.3 is 0 Å². The van der Waals surface area contributed by atoms with Crippen LogP contribution in [0.15, 0.2) is 65.0 Å². The van der Waals surface area contributed by atoms with E-state index in [9.17, 15) is 14.4 Å². The lowest BCUT2D eigenvalue weighted by Gasteiger charge is -2.30. The van der Waals surface area contributed by atoms with Gasteiger partial charge in [0.15, 0.2) is 11.9 Å². The van der Waals surface area contributed by atoms with E-state index < -0.39 is 12.1 Å². The Bertz CT molecular complexity index is 1460. The van der Waals surface area contributed by atoms with E-state index in [0.29, 0.717) is 27.2 Å². The first kappa shape index (κ1) is 21.1. The summed E-state index contributed by atoms with van der Waals surface area (Å²) in [5, 5.41) is 2.43. The van der Waals surface area contributed by atoms with Gasteiger partial charge in [0, 0.05) is 23.6 Å². The molecule has 0 fully saturated rings. The Morgan fingerprint density at radius 2 is 1.91 bits per heavy atom. The molecule has 2 unspecified atom stereocenters. The zero-order chi connectivity index (χ0) is 23.3.